The van der Waals surface area contributed by atoms with Gasteiger partial charge in [0, 0.05) is 55.7 Å². The summed E-state index contributed by atoms with van der Waals surface area (Å²) in [7, 11) is 0. The van der Waals surface area contributed by atoms with Crippen LogP contribution in [0.15, 0.2) is 211 Å². The minimum absolute atomic E-state index is 0.0864. The van der Waals surface area contributed by atoms with Crippen molar-refractivity contribution in [2.75, 3.05) is 4.90 Å². The lowest BCUT2D eigenvalue weighted by Gasteiger charge is -2.28. The molecule has 1 heterocycles. The van der Waals surface area contributed by atoms with Crippen molar-refractivity contribution in [1.29, 1.82) is 31.6 Å². The van der Waals surface area contributed by atoms with Gasteiger partial charge in [-0.1, -0.05) is 141 Å². The second-order valence-electron chi connectivity index (χ2n) is 23.6. The van der Waals surface area contributed by atoms with Crippen molar-refractivity contribution in [3.8, 4) is 75.5 Å². The number of anilines is 3. The van der Waals surface area contributed by atoms with E-state index < -0.39 is 137 Å². The number of benzene rings is 11. The van der Waals surface area contributed by atoms with Gasteiger partial charge in [-0.25, -0.2) is 52.7 Å². The fourth-order valence-corrected chi connectivity index (χ4v) is 13.0. The molecule has 1 saturated carbocycles. The van der Waals surface area contributed by atoms with Gasteiger partial charge in [-0.2, -0.15) is 31.6 Å². The molecule has 0 aliphatic heterocycles. The molecule has 0 unspecified atom stereocenters. The summed E-state index contributed by atoms with van der Waals surface area (Å²) in [6.07, 6.45) is 0. The molecule has 1 fully saturated rings. The van der Waals surface area contributed by atoms with Crippen LogP contribution in [0.4, 0.5) is 69.7 Å². The Morgan fingerprint density at radius 3 is 1.13 bits per heavy atom. The van der Waals surface area contributed by atoms with E-state index >= 15 is 26.3 Å². The van der Waals surface area contributed by atoms with E-state index in [2.05, 4.69) is 217 Å². The Labute approximate surface area is 566 Å². The molecular weight excluding hydrogens is 1310 g/mol. The summed E-state index contributed by atoms with van der Waals surface area (Å²) in [6, 6.07) is 75.9. The molecule has 20 heteroatoms. The standard InChI is InChI=1S/C51H38N2.C30F12N6/c1-51(2)47-19-11-9-17-43(47)44-31-30-42(34-48(44)51)52(40-26-21-36(22-27-40)35-13-5-3-6-14-35)41-28-23-37(24-29-41)38-25-32-50-46(33-38)45-18-10-12-20-49(45)53(50)39-15-7-4-8-16-39;31-19-10(4-46)20(32)26(38)16(25(19)37)7(1-43)13-14(8(2-44)17-27(39)21(33)11(5-47)22(34)28(17)40)15(13)9(3-45)18-29(41)23(35)12(6-48)24(36)30(18)42/h3-34H,1-2H3;. The van der Waals surface area contributed by atoms with Crippen molar-refractivity contribution >= 4 is 55.6 Å². The van der Waals surface area contributed by atoms with E-state index in [1.54, 1.807) is 0 Å². The number of para-hydroxylation sites is 2. The third-order valence-corrected chi connectivity index (χ3v) is 17.9. The third-order valence-electron chi connectivity index (χ3n) is 17.9. The van der Waals surface area contributed by atoms with Crippen molar-refractivity contribution < 1.29 is 52.7 Å². The van der Waals surface area contributed by atoms with Crippen molar-refractivity contribution in [2.24, 2.45) is 0 Å². The number of hydrogen-bond acceptors (Lipinski definition) is 7. The lowest BCUT2D eigenvalue weighted by molar-refractivity contribution is 0.446. The van der Waals surface area contributed by atoms with Crippen molar-refractivity contribution in [3.05, 3.63) is 325 Å². The van der Waals surface area contributed by atoms with Gasteiger partial charge in [0.1, 0.15) is 53.1 Å². The molecule has 8 nitrogen and oxygen atoms in total. The Bertz CT molecular complexity index is 5590. The van der Waals surface area contributed by atoms with Crippen LogP contribution in [0.3, 0.4) is 0 Å². The number of halogens is 12. The highest BCUT2D eigenvalue weighted by Gasteiger charge is 2.47. The summed E-state index contributed by atoms with van der Waals surface area (Å²) in [5, 5.41) is 58.4. The number of nitriles is 6. The summed E-state index contributed by atoms with van der Waals surface area (Å²) in [4.78, 5) is 2.40. The van der Waals surface area contributed by atoms with Crippen LogP contribution in [0.5, 0.6) is 0 Å². The summed E-state index contributed by atoms with van der Waals surface area (Å²) < 4.78 is 180. The molecule has 14 rings (SSSR count). The summed E-state index contributed by atoms with van der Waals surface area (Å²) >= 11 is 0. The molecule has 11 aromatic carbocycles. The molecular formula is C81H38F12N8. The highest BCUT2D eigenvalue weighted by molar-refractivity contribution is 6.13. The van der Waals surface area contributed by atoms with Gasteiger partial charge in [-0.05, 0) is 111 Å². The maximum atomic E-state index is 15.0. The van der Waals surface area contributed by atoms with Crippen LogP contribution in [0, 0.1) is 138 Å². The van der Waals surface area contributed by atoms with E-state index in [1.807, 2.05) is 0 Å². The van der Waals surface area contributed by atoms with Gasteiger partial charge < -0.3 is 9.47 Å². The van der Waals surface area contributed by atoms with Crippen molar-refractivity contribution in [2.45, 2.75) is 19.3 Å². The Morgan fingerprint density at radius 1 is 0.327 bits per heavy atom. The van der Waals surface area contributed by atoms with Crippen LogP contribution in [0.2, 0.25) is 0 Å². The van der Waals surface area contributed by atoms with E-state index in [0.29, 0.717) is 0 Å². The van der Waals surface area contributed by atoms with Gasteiger partial charge in [0.15, 0.2) is 69.8 Å². The minimum atomic E-state index is -2.53. The van der Waals surface area contributed by atoms with Gasteiger partial charge in [0.2, 0.25) is 0 Å². The van der Waals surface area contributed by atoms with Crippen LogP contribution < -0.4 is 4.90 Å². The zero-order valence-corrected chi connectivity index (χ0v) is 52.1. The molecule has 2 aliphatic carbocycles. The van der Waals surface area contributed by atoms with Crippen LogP contribution in [0.25, 0.3) is 77.6 Å². The van der Waals surface area contributed by atoms with Crippen LogP contribution in [-0.2, 0) is 5.41 Å². The molecule has 0 radical (unpaired) electrons. The van der Waals surface area contributed by atoms with E-state index in [0.717, 1.165) is 53.5 Å². The monoisotopic (exact) mass is 1350 g/mol. The van der Waals surface area contributed by atoms with Crippen molar-refractivity contribution in [3.63, 3.8) is 0 Å². The van der Waals surface area contributed by atoms with E-state index in [-0.39, 0.29) is 5.41 Å². The lowest BCUT2D eigenvalue weighted by atomic mass is 9.82. The van der Waals surface area contributed by atoms with Crippen LogP contribution >= 0.6 is 0 Å². The number of allylic oxidation sites excluding steroid dienone is 6. The molecule has 0 spiro atoms. The minimum Gasteiger partial charge on any atom is -0.310 e. The fourth-order valence-electron chi connectivity index (χ4n) is 13.0. The number of hydrogen-bond donors (Lipinski definition) is 0. The SMILES string of the molecule is CC1(C)c2ccccc2-c2ccc(N(c3ccc(-c4ccccc4)cc3)c3ccc(-c4ccc5c(c4)c4ccccc4n5-c4ccccc4)cc3)cc21.N#CC(=C1C(=C(C#N)c2c(F)c(F)c(C#N)c(F)c2F)C1=C(C#N)c1c(F)c(F)c(C#N)c(F)c1F)c1c(F)c(F)c(C#N)c(F)c1F. The summed E-state index contributed by atoms with van der Waals surface area (Å²) in [5.41, 5.74) is -4.31. The zero-order valence-electron chi connectivity index (χ0n) is 52.1. The number of aromatic nitrogens is 1. The van der Waals surface area contributed by atoms with Gasteiger partial charge in [-0.3, -0.25) is 0 Å². The largest absolute Gasteiger partial charge is 0.310 e. The zero-order chi connectivity index (χ0) is 71.6. The first kappa shape index (κ1) is 66.0. The van der Waals surface area contributed by atoms with E-state index in [4.69, 9.17) is 15.8 Å². The van der Waals surface area contributed by atoms with Gasteiger partial charge in [0.25, 0.3) is 0 Å². The predicted molar refractivity (Wildman–Crippen MR) is 354 cm³/mol. The highest BCUT2D eigenvalue weighted by Crippen LogP contribution is 2.58. The molecule has 1 aromatic heterocycles. The highest BCUT2D eigenvalue weighted by atomic mass is 19.2. The molecule has 0 N–H and O–H groups in total. The van der Waals surface area contributed by atoms with Crippen LogP contribution in [0.1, 0.15) is 58.4 Å². The van der Waals surface area contributed by atoms with Crippen LogP contribution in [-0.4, -0.2) is 4.57 Å². The number of rotatable bonds is 9. The van der Waals surface area contributed by atoms with Gasteiger partial charge in [-0.15, -0.1) is 0 Å². The molecule has 0 atom stereocenters. The van der Waals surface area contributed by atoms with Gasteiger partial charge in [0.05, 0.1) is 44.4 Å². The predicted octanol–water partition coefficient (Wildman–Crippen LogP) is 21.1. The smallest absolute Gasteiger partial charge is 0.180 e. The molecule has 0 amide bonds. The third kappa shape index (κ3) is 10.6. The molecule has 0 saturated heterocycles. The van der Waals surface area contributed by atoms with Gasteiger partial charge >= 0.3 is 0 Å². The first-order valence-corrected chi connectivity index (χ1v) is 30.3. The first-order chi connectivity index (χ1) is 48.7. The molecule has 12 aromatic rings. The second-order valence-corrected chi connectivity index (χ2v) is 23.6. The fraction of sp³-hybridized carbons (Fsp3) is 0.0370. The Kier molecular flexibility index (Phi) is 16.8. The number of nitrogens with zero attached hydrogens (tertiary/aromatic N) is 8. The molecule has 2 aliphatic rings. The topological polar surface area (TPSA) is 151 Å². The molecule has 486 valence electrons. The lowest BCUT2D eigenvalue weighted by Crippen LogP contribution is -2.16. The average Bonchev–Trinajstić information content (AvgIpc) is 1.55. The average molecular weight is 1350 g/mol. The Balaban J connectivity index is 0.000000182. The molecule has 0 bridgehead atoms. The summed E-state index contributed by atoms with van der Waals surface area (Å²) in [5.74, 6) is -29.9. The maximum absolute atomic E-state index is 15.0. The first-order valence-electron chi connectivity index (χ1n) is 30.3. The molecule has 101 heavy (non-hydrogen) atoms. The van der Waals surface area contributed by atoms with E-state index in [1.165, 1.54) is 72.0 Å². The maximum Gasteiger partial charge on any atom is 0.180 e. The summed E-state index contributed by atoms with van der Waals surface area (Å²) in [6.45, 7) is 4.70. The normalized spacial score (nSPS) is 12.2. The van der Waals surface area contributed by atoms with Crippen molar-refractivity contribution in [1.82, 2.24) is 4.57 Å². The number of fused-ring (bicyclic) bond motifs is 6. The Hall–Kier alpha value is -13.7. The van der Waals surface area contributed by atoms with E-state index in [9.17, 15) is 42.1 Å². The Morgan fingerprint density at radius 2 is 0.683 bits per heavy atom. The quantitative estimate of drug-likeness (QED) is 0.0793. The second kappa shape index (κ2) is 25.7.